The van der Waals surface area contributed by atoms with E-state index in [4.69, 9.17) is 9.98 Å². The molecule has 8 heteroatoms. The maximum atomic E-state index is 15.4. The number of aliphatic imine (C=N–C) groups is 1. The van der Waals surface area contributed by atoms with Crippen LogP contribution in [0, 0.1) is 17.7 Å². The molecule has 3 aromatic rings. The van der Waals surface area contributed by atoms with Gasteiger partial charge in [-0.1, -0.05) is 26.3 Å². The summed E-state index contributed by atoms with van der Waals surface area (Å²) in [5.41, 5.74) is 7.27. The lowest BCUT2D eigenvalue weighted by molar-refractivity contribution is 0.490. The number of nitrogens with zero attached hydrogens (tertiary/aromatic N) is 5. The average Bonchev–Trinajstić information content (AvgIpc) is 3.19. The fourth-order valence-electron chi connectivity index (χ4n) is 6.08. The highest BCUT2D eigenvalue weighted by molar-refractivity contribution is 5.90. The first-order chi connectivity index (χ1) is 19.9. The third kappa shape index (κ3) is 6.17. The molecule has 0 radical (unpaired) electrons. The lowest BCUT2D eigenvalue weighted by atomic mass is 9.84. The first-order valence-corrected chi connectivity index (χ1v) is 15.1. The number of aryl methyl sites for hydroxylation is 1. The average molecular weight is 554 g/mol. The molecule has 0 bridgehead atoms. The Balaban J connectivity index is 1.23. The van der Waals surface area contributed by atoms with Gasteiger partial charge in [0.1, 0.15) is 17.3 Å². The molecule has 2 aromatic heterocycles. The second kappa shape index (κ2) is 12.1. The maximum absolute atomic E-state index is 15.4. The number of rotatable bonds is 7. The normalized spacial score (nSPS) is 18.8. The minimum atomic E-state index is -0.248. The van der Waals surface area contributed by atoms with Crippen LogP contribution in [0.15, 0.2) is 47.7 Å². The first-order valence-electron chi connectivity index (χ1n) is 15.1. The number of piperazine rings is 1. The Hall–Kier alpha value is -3.65. The Morgan fingerprint density at radius 2 is 1.98 bits per heavy atom. The van der Waals surface area contributed by atoms with Crippen LogP contribution < -0.4 is 15.5 Å². The predicted molar refractivity (Wildman–Crippen MR) is 165 cm³/mol. The van der Waals surface area contributed by atoms with E-state index in [1.807, 2.05) is 31.5 Å². The Kier molecular flexibility index (Phi) is 8.10. The molecule has 0 unspecified atom stereocenters. The smallest absolute Gasteiger partial charge is 0.227 e. The van der Waals surface area contributed by atoms with Crippen molar-refractivity contribution in [1.29, 1.82) is 0 Å². The molecule has 1 aliphatic carbocycles. The summed E-state index contributed by atoms with van der Waals surface area (Å²) in [6.45, 7) is 10.4. The third-order valence-electron chi connectivity index (χ3n) is 8.46. The number of pyridine rings is 1. The number of halogens is 1. The van der Waals surface area contributed by atoms with Gasteiger partial charge in [0.15, 0.2) is 0 Å². The molecule has 214 valence electrons. The monoisotopic (exact) mass is 553 g/mol. The molecule has 1 aromatic carbocycles. The van der Waals surface area contributed by atoms with Crippen LogP contribution in [0.2, 0.25) is 0 Å². The zero-order chi connectivity index (χ0) is 28.3. The number of fused-ring (bicyclic) bond motifs is 2. The van der Waals surface area contributed by atoms with Crippen LogP contribution in [0.5, 0.6) is 0 Å². The van der Waals surface area contributed by atoms with E-state index in [-0.39, 0.29) is 5.82 Å². The number of allylic oxidation sites excluding steroid dienone is 1. The van der Waals surface area contributed by atoms with Gasteiger partial charge in [-0.25, -0.2) is 19.3 Å². The van der Waals surface area contributed by atoms with Crippen molar-refractivity contribution >= 4 is 34.4 Å². The number of nitrogens with one attached hydrogen (secondary N) is 2. The van der Waals surface area contributed by atoms with Crippen molar-refractivity contribution in [3.05, 3.63) is 70.9 Å². The van der Waals surface area contributed by atoms with E-state index in [2.05, 4.69) is 51.5 Å². The SMILES string of the molecule is CC1=Nc2c(F)cc(C3=CCCCc4nc(Nc5ccc(N6CCNCC6)nc5)ncc43)cc2C[C@@H]1CCC(C)C. The highest BCUT2D eigenvalue weighted by Crippen LogP contribution is 2.38. The minimum Gasteiger partial charge on any atom is -0.354 e. The second-order valence-corrected chi connectivity index (χ2v) is 11.9. The quantitative estimate of drug-likeness (QED) is 0.342. The van der Waals surface area contributed by atoms with E-state index in [9.17, 15) is 0 Å². The van der Waals surface area contributed by atoms with Crippen LogP contribution in [0.25, 0.3) is 5.57 Å². The summed E-state index contributed by atoms with van der Waals surface area (Å²) in [5.74, 6) is 2.30. The molecular weight excluding hydrogens is 513 g/mol. The molecule has 4 heterocycles. The van der Waals surface area contributed by atoms with E-state index in [1.54, 1.807) is 6.07 Å². The maximum Gasteiger partial charge on any atom is 0.227 e. The van der Waals surface area contributed by atoms with Gasteiger partial charge in [0, 0.05) is 49.6 Å². The molecule has 41 heavy (non-hydrogen) atoms. The Morgan fingerprint density at radius 3 is 2.76 bits per heavy atom. The van der Waals surface area contributed by atoms with E-state index >= 15 is 4.39 Å². The van der Waals surface area contributed by atoms with Crippen LogP contribution in [-0.2, 0) is 12.8 Å². The number of aromatic nitrogens is 3. The van der Waals surface area contributed by atoms with E-state index < -0.39 is 0 Å². The summed E-state index contributed by atoms with van der Waals surface area (Å²) in [6, 6.07) is 7.86. The van der Waals surface area contributed by atoms with Gasteiger partial charge < -0.3 is 15.5 Å². The second-order valence-electron chi connectivity index (χ2n) is 11.9. The minimum absolute atomic E-state index is 0.248. The van der Waals surface area contributed by atoms with Crippen molar-refractivity contribution in [2.24, 2.45) is 16.8 Å². The molecule has 1 atom stereocenters. The molecule has 1 saturated heterocycles. The van der Waals surface area contributed by atoms with Gasteiger partial charge in [0.2, 0.25) is 5.95 Å². The molecule has 1 fully saturated rings. The van der Waals surface area contributed by atoms with Gasteiger partial charge in [-0.15, -0.1) is 0 Å². The number of hydrogen-bond donors (Lipinski definition) is 2. The number of anilines is 3. The molecule has 3 aliphatic rings. The van der Waals surface area contributed by atoms with Crippen molar-refractivity contribution in [2.75, 3.05) is 36.4 Å². The fraction of sp³-hybridized carbons (Fsp3) is 0.455. The standard InChI is InChI=1S/C33H40FN7/c1-21(2)8-9-23-16-25-17-24(18-29(34)32(25)38-22(23)3)27-6-4-5-7-30-28(27)20-37-33(40-30)39-26-10-11-31(36-19-26)41-14-12-35-13-15-41/h6,10-11,17-21,23,35H,4-5,7-9,12-16H2,1-3H3,(H,37,39,40)/t23-/m0/s1. The number of benzene rings is 1. The predicted octanol–water partition coefficient (Wildman–Crippen LogP) is 6.63. The van der Waals surface area contributed by atoms with Crippen LogP contribution in [0.3, 0.4) is 0 Å². The van der Waals surface area contributed by atoms with Crippen molar-refractivity contribution in [3.8, 4) is 0 Å². The molecule has 2 aliphatic heterocycles. The van der Waals surface area contributed by atoms with E-state index in [0.29, 0.717) is 23.5 Å². The molecule has 0 spiro atoms. The van der Waals surface area contributed by atoms with Crippen molar-refractivity contribution < 1.29 is 4.39 Å². The van der Waals surface area contributed by atoms with Crippen LogP contribution >= 0.6 is 0 Å². The third-order valence-corrected chi connectivity index (χ3v) is 8.46. The lowest BCUT2D eigenvalue weighted by Crippen LogP contribution is -2.43. The van der Waals surface area contributed by atoms with Crippen molar-refractivity contribution in [1.82, 2.24) is 20.3 Å². The zero-order valence-electron chi connectivity index (χ0n) is 24.4. The van der Waals surface area contributed by atoms with Gasteiger partial charge in [0.05, 0.1) is 17.6 Å². The summed E-state index contributed by atoms with van der Waals surface area (Å²) in [5, 5.41) is 6.70. The van der Waals surface area contributed by atoms with Crippen LogP contribution in [-0.4, -0.2) is 46.8 Å². The van der Waals surface area contributed by atoms with Crippen molar-refractivity contribution in [2.45, 2.75) is 59.3 Å². The van der Waals surface area contributed by atoms with Crippen LogP contribution in [0.4, 0.5) is 27.5 Å². The topological polar surface area (TPSA) is 78.3 Å². The molecule has 0 saturated carbocycles. The summed E-state index contributed by atoms with van der Waals surface area (Å²) in [4.78, 5) is 21.2. The summed E-state index contributed by atoms with van der Waals surface area (Å²) < 4.78 is 15.4. The van der Waals surface area contributed by atoms with E-state index in [1.165, 1.54) is 0 Å². The highest BCUT2D eigenvalue weighted by Gasteiger charge is 2.25. The Bertz CT molecular complexity index is 1460. The van der Waals surface area contributed by atoms with E-state index in [0.717, 1.165) is 110 Å². The molecule has 2 N–H and O–H groups in total. The summed E-state index contributed by atoms with van der Waals surface area (Å²) >= 11 is 0. The lowest BCUT2D eigenvalue weighted by Gasteiger charge is -2.28. The Labute approximate surface area is 242 Å². The highest BCUT2D eigenvalue weighted by atomic mass is 19.1. The summed E-state index contributed by atoms with van der Waals surface area (Å²) in [6.07, 6.45) is 11.8. The van der Waals surface area contributed by atoms with Crippen LogP contribution in [0.1, 0.15) is 68.8 Å². The largest absolute Gasteiger partial charge is 0.354 e. The summed E-state index contributed by atoms with van der Waals surface area (Å²) in [7, 11) is 0. The number of hydrogen-bond acceptors (Lipinski definition) is 7. The van der Waals surface area contributed by atoms with Gasteiger partial charge in [-0.3, -0.25) is 4.99 Å². The molecule has 7 nitrogen and oxygen atoms in total. The fourth-order valence-corrected chi connectivity index (χ4v) is 6.08. The van der Waals surface area contributed by atoms with Gasteiger partial charge >= 0.3 is 0 Å². The molecule has 6 rings (SSSR count). The molecular formula is C33H40FN7. The van der Waals surface area contributed by atoms with Gasteiger partial charge in [0.25, 0.3) is 0 Å². The zero-order valence-corrected chi connectivity index (χ0v) is 24.4. The van der Waals surface area contributed by atoms with Gasteiger partial charge in [-0.2, -0.15) is 0 Å². The van der Waals surface area contributed by atoms with Gasteiger partial charge in [-0.05, 0) is 85.9 Å². The molecule has 0 amide bonds. The Morgan fingerprint density at radius 1 is 1.12 bits per heavy atom. The van der Waals surface area contributed by atoms with Crippen molar-refractivity contribution in [3.63, 3.8) is 0 Å². The first kappa shape index (κ1) is 27.5.